The zero-order valence-corrected chi connectivity index (χ0v) is 11.3. The molecule has 1 aromatic rings. The highest BCUT2D eigenvalue weighted by Crippen LogP contribution is 2.24. The maximum atomic E-state index is 9.71. The van der Waals surface area contributed by atoms with Gasteiger partial charge in [-0.25, -0.2) is 9.59 Å². The van der Waals surface area contributed by atoms with Crippen LogP contribution >= 0.6 is 0 Å². The Balaban J connectivity index is 0.000000232. The molecule has 0 saturated heterocycles. The summed E-state index contributed by atoms with van der Waals surface area (Å²) in [7, 11) is 0. The van der Waals surface area contributed by atoms with Gasteiger partial charge in [0.25, 0.3) is 0 Å². The molecule has 6 heteroatoms. The van der Waals surface area contributed by atoms with Crippen LogP contribution < -0.4 is 15.8 Å². The van der Waals surface area contributed by atoms with Crippen molar-refractivity contribution in [1.29, 1.82) is 0 Å². The first-order valence-corrected chi connectivity index (χ1v) is 6.67. The molecule has 112 valence electrons. The molecule has 1 aliphatic heterocycles. The summed E-state index contributed by atoms with van der Waals surface area (Å²) in [5, 5.41) is 30.5. The van der Waals surface area contributed by atoms with E-state index in [0.29, 0.717) is 6.04 Å². The van der Waals surface area contributed by atoms with Crippen LogP contribution in [0.4, 0.5) is 0 Å². The number of aliphatic hydroxyl groups is 1. The fourth-order valence-corrected chi connectivity index (χ4v) is 2.62. The Kier molecular flexibility index (Phi) is 4.59. The molecule has 1 fully saturated rings. The normalized spacial score (nSPS) is 22.4. The number of carboxylic acid groups (broad SMARTS) is 2. The van der Waals surface area contributed by atoms with Crippen LogP contribution in [-0.2, 0) is 9.59 Å². The lowest BCUT2D eigenvalue weighted by atomic mass is 9.85. The molecule has 21 heavy (non-hydrogen) atoms. The van der Waals surface area contributed by atoms with Crippen molar-refractivity contribution in [3.05, 3.63) is 34.7 Å². The molecule has 2 unspecified atom stereocenters. The third-order valence-corrected chi connectivity index (χ3v) is 3.59. The average molecular weight is 291 g/mol. The molecule has 1 aromatic carbocycles. The van der Waals surface area contributed by atoms with E-state index in [1.165, 1.54) is 16.0 Å². The van der Waals surface area contributed by atoms with Gasteiger partial charge in [0, 0.05) is 12.2 Å². The van der Waals surface area contributed by atoms with E-state index in [-0.39, 0.29) is 6.10 Å². The average Bonchev–Trinajstić information content (AvgIpc) is 2.47. The summed E-state index contributed by atoms with van der Waals surface area (Å²) < 4.78 is 0. The molecule has 1 saturated carbocycles. The van der Waals surface area contributed by atoms with Gasteiger partial charge in [-0.05, 0) is 35.3 Å². The smallest absolute Gasteiger partial charge is 0.414 e. The van der Waals surface area contributed by atoms with Crippen molar-refractivity contribution >= 4 is 23.7 Å². The Hall–Kier alpha value is -2.34. The standard InChI is InChI=1S/C13H15NO.C2H2O4/c15-10-5-6-13-12(7-10)11-4-2-1-3-9(11)8-14-13;3-1(4)2(5)6/h1-4,8,10,13-15H,5-7H2;(H,3,4)(H,5,6). The summed E-state index contributed by atoms with van der Waals surface area (Å²) in [6.45, 7) is 0. The minimum Gasteiger partial charge on any atom is -0.473 e. The maximum Gasteiger partial charge on any atom is 0.414 e. The number of benzene rings is 1. The topological polar surface area (TPSA) is 107 Å². The van der Waals surface area contributed by atoms with Crippen LogP contribution in [0.15, 0.2) is 24.3 Å². The van der Waals surface area contributed by atoms with E-state index in [4.69, 9.17) is 19.8 Å². The molecule has 0 amide bonds. The van der Waals surface area contributed by atoms with E-state index in [2.05, 4.69) is 35.8 Å². The predicted octanol–water partition coefficient (Wildman–Crippen LogP) is -0.752. The summed E-state index contributed by atoms with van der Waals surface area (Å²) in [5.74, 6) is -3.65. The summed E-state index contributed by atoms with van der Waals surface area (Å²) >= 11 is 0. The van der Waals surface area contributed by atoms with Crippen LogP contribution in [0.1, 0.15) is 19.3 Å². The second kappa shape index (κ2) is 6.41. The number of aliphatic carboxylic acids is 2. The minimum atomic E-state index is -1.82. The highest BCUT2D eigenvalue weighted by Gasteiger charge is 2.25. The number of fused-ring (bicyclic) bond motifs is 2. The number of hydrogen-bond acceptors (Lipinski definition) is 4. The largest absolute Gasteiger partial charge is 0.473 e. The lowest BCUT2D eigenvalue weighted by molar-refractivity contribution is -0.159. The highest BCUT2D eigenvalue weighted by atomic mass is 16.4. The fraction of sp³-hybridized carbons (Fsp3) is 0.333. The van der Waals surface area contributed by atoms with E-state index in [9.17, 15) is 5.11 Å². The Bertz CT molecular complexity index is 655. The van der Waals surface area contributed by atoms with Gasteiger partial charge in [-0.15, -0.1) is 0 Å². The first-order chi connectivity index (χ1) is 9.99. The Morgan fingerprint density at radius 1 is 1.10 bits per heavy atom. The highest BCUT2D eigenvalue weighted by molar-refractivity contribution is 6.27. The van der Waals surface area contributed by atoms with Crippen molar-refractivity contribution < 1.29 is 24.9 Å². The van der Waals surface area contributed by atoms with Crippen LogP contribution in [0.5, 0.6) is 0 Å². The van der Waals surface area contributed by atoms with E-state index in [0.717, 1.165) is 19.3 Å². The van der Waals surface area contributed by atoms with Gasteiger partial charge in [0.1, 0.15) is 0 Å². The molecular formula is C15H17NO5. The first kappa shape index (κ1) is 15.1. The van der Waals surface area contributed by atoms with Crippen molar-refractivity contribution in [3.63, 3.8) is 0 Å². The molecule has 1 heterocycles. The lowest BCUT2D eigenvalue weighted by Crippen LogP contribution is -2.45. The maximum absolute atomic E-state index is 9.71. The van der Waals surface area contributed by atoms with Crippen molar-refractivity contribution in [2.75, 3.05) is 0 Å². The van der Waals surface area contributed by atoms with E-state index in [1.807, 2.05) is 0 Å². The second-order valence-corrected chi connectivity index (χ2v) is 5.02. The summed E-state index contributed by atoms with van der Waals surface area (Å²) in [4.78, 5) is 18.2. The molecule has 0 bridgehead atoms. The van der Waals surface area contributed by atoms with Crippen molar-refractivity contribution in [3.8, 4) is 0 Å². The molecule has 4 N–H and O–H groups in total. The van der Waals surface area contributed by atoms with Gasteiger partial charge in [-0.1, -0.05) is 24.3 Å². The van der Waals surface area contributed by atoms with Crippen LogP contribution in [0, 0.1) is 0 Å². The molecular weight excluding hydrogens is 274 g/mol. The quantitative estimate of drug-likeness (QED) is 0.469. The van der Waals surface area contributed by atoms with Crippen LogP contribution in [-0.4, -0.2) is 39.4 Å². The zero-order chi connectivity index (χ0) is 15.4. The number of aliphatic hydroxyl groups excluding tert-OH is 1. The van der Waals surface area contributed by atoms with Crippen molar-refractivity contribution in [2.24, 2.45) is 0 Å². The molecule has 3 rings (SSSR count). The Morgan fingerprint density at radius 3 is 2.43 bits per heavy atom. The summed E-state index contributed by atoms with van der Waals surface area (Å²) in [6.07, 6.45) is 4.73. The minimum absolute atomic E-state index is 0.149. The van der Waals surface area contributed by atoms with E-state index < -0.39 is 11.9 Å². The molecule has 0 aromatic heterocycles. The summed E-state index contributed by atoms with van der Waals surface area (Å²) in [5.41, 5.74) is 1.38. The number of hydrogen-bond donors (Lipinski definition) is 4. The van der Waals surface area contributed by atoms with Gasteiger partial charge in [0.15, 0.2) is 0 Å². The predicted molar refractivity (Wildman–Crippen MR) is 75.6 cm³/mol. The molecule has 6 nitrogen and oxygen atoms in total. The first-order valence-electron chi connectivity index (χ1n) is 6.67. The third-order valence-electron chi connectivity index (χ3n) is 3.59. The SMILES string of the molecule is O=C(O)C(=O)O.OC1CCC2NC=c3ccccc3=C2C1. The molecule has 2 atom stereocenters. The van der Waals surface area contributed by atoms with Gasteiger partial charge in [0.2, 0.25) is 0 Å². The van der Waals surface area contributed by atoms with E-state index >= 15 is 0 Å². The lowest BCUT2D eigenvalue weighted by Gasteiger charge is -2.31. The monoisotopic (exact) mass is 291 g/mol. The van der Waals surface area contributed by atoms with Crippen molar-refractivity contribution in [2.45, 2.75) is 31.4 Å². The Morgan fingerprint density at radius 2 is 1.76 bits per heavy atom. The third kappa shape index (κ3) is 3.61. The molecule has 1 aliphatic carbocycles. The van der Waals surface area contributed by atoms with Gasteiger partial charge in [-0.3, -0.25) is 0 Å². The summed E-state index contributed by atoms with van der Waals surface area (Å²) in [6, 6.07) is 8.85. The van der Waals surface area contributed by atoms with Gasteiger partial charge < -0.3 is 20.6 Å². The van der Waals surface area contributed by atoms with Crippen LogP contribution in [0.3, 0.4) is 0 Å². The fourth-order valence-electron chi connectivity index (χ4n) is 2.62. The zero-order valence-electron chi connectivity index (χ0n) is 11.3. The number of rotatable bonds is 0. The number of nitrogens with one attached hydrogen (secondary N) is 1. The number of carbonyl (C=O) groups is 2. The molecule has 0 radical (unpaired) electrons. The van der Waals surface area contributed by atoms with Crippen molar-refractivity contribution in [1.82, 2.24) is 5.32 Å². The van der Waals surface area contributed by atoms with Gasteiger partial charge in [0.05, 0.1) is 6.10 Å². The Labute approximate surface area is 121 Å². The van der Waals surface area contributed by atoms with Crippen LogP contribution in [0.2, 0.25) is 0 Å². The number of carboxylic acids is 2. The van der Waals surface area contributed by atoms with Gasteiger partial charge >= 0.3 is 11.9 Å². The molecule has 0 spiro atoms. The van der Waals surface area contributed by atoms with Gasteiger partial charge in [-0.2, -0.15) is 0 Å². The van der Waals surface area contributed by atoms with Crippen LogP contribution in [0.25, 0.3) is 11.8 Å². The van der Waals surface area contributed by atoms with E-state index in [1.54, 1.807) is 0 Å². The second-order valence-electron chi connectivity index (χ2n) is 5.02. The molecule has 2 aliphatic rings.